The number of aromatic nitrogens is 2. The topological polar surface area (TPSA) is 66.9 Å². The average Bonchev–Trinajstić information content (AvgIpc) is 3.12. The highest BCUT2D eigenvalue weighted by Gasteiger charge is 2.12. The minimum atomic E-state index is -0.0183. The molecule has 1 aromatic heterocycles. The minimum absolute atomic E-state index is 0.0180. The highest BCUT2D eigenvalue weighted by Crippen LogP contribution is 2.29. The number of aryl methyl sites for hydroxylation is 1. The molecule has 0 unspecified atom stereocenters. The van der Waals surface area contributed by atoms with Crippen molar-refractivity contribution in [1.29, 1.82) is 0 Å². The van der Waals surface area contributed by atoms with Gasteiger partial charge >= 0.3 is 0 Å². The SMILES string of the molecule is Cc1cccc(Nc2nnc(SCC(=O)N[C@H](C)c3ccccc3)s2)c1C. The van der Waals surface area contributed by atoms with Crippen LogP contribution in [0.1, 0.15) is 29.7 Å². The van der Waals surface area contributed by atoms with Crippen LogP contribution in [0, 0.1) is 13.8 Å². The van der Waals surface area contributed by atoms with Crippen LogP contribution in [-0.2, 0) is 4.79 Å². The number of hydrogen-bond acceptors (Lipinski definition) is 6. The van der Waals surface area contributed by atoms with Gasteiger partial charge in [0.15, 0.2) is 4.34 Å². The quantitative estimate of drug-likeness (QED) is 0.556. The van der Waals surface area contributed by atoms with E-state index in [1.54, 1.807) is 0 Å². The van der Waals surface area contributed by atoms with E-state index in [1.807, 2.05) is 49.4 Å². The first-order valence-electron chi connectivity index (χ1n) is 8.67. The van der Waals surface area contributed by atoms with E-state index in [9.17, 15) is 4.79 Å². The summed E-state index contributed by atoms with van der Waals surface area (Å²) in [4.78, 5) is 12.2. The van der Waals surface area contributed by atoms with Crippen LogP contribution in [0.4, 0.5) is 10.8 Å². The molecule has 1 heterocycles. The van der Waals surface area contributed by atoms with Crippen LogP contribution in [0.2, 0.25) is 0 Å². The van der Waals surface area contributed by atoms with Gasteiger partial charge in [0, 0.05) is 5.69 Å². The summed E-state index contributed by atoms with van der Waals surface area (Å²) in [6, 6.07) is 16.0. The fourth-order valence-electron chi connectivity index (χ4n) is 2.56. The molecule has 0 saturated heterocycles. The molecule has 0 fully saturated rings. The summed E-state index contributed by atoms with van der Waals surface area (Å²) in [5, 5.41) is 15.4. The molecule has 2 aromatic carbocycles. The number of nitrogens with zero attached hydrogens (tertiary/aromatic N) is 2. The third kappa shape index (κ3) is 5.30. The van der Waals surface area contributed by atoms with Crippen molar-refractivity contribution in [2.75, 3.05) is 11.1 Å². The molecule has 27 heavy (non-hydrogen) atoms. The Hall–Kier alpha value is -2.38. The lowest BCUT2D eigenvalue weighted by molar-refractivity contribution is -0.119. The molecule has 0 saturated carbocycles. The predicted molar refractivity (Wildman–Crippen MR) is 113 cm³/mol. The molecular weight excluding hydrogens is 376 g/mol. The number of thioether (sulfide) groups is 1. The first kappa shape index (κ1) is 19.4. The fraction of sp³-hybridized carbons (Fsp3) is 0.250. The Morgan fingerprint density at radius 1 is 1.11 bits per heavy atom. The molecule has 0 aliphatic carbocycles. The summed E-state index contributed by atoms with van der Waals surface area (Å²) >= 11 is 2.85. The van der Waals surface area contributed by atoms with Crippen LogP contribution < -0.4 is 10.6 Å². The minimum Gasteiger partial charge on any atom is -0.349 e. The molecule has 0 spiro atoms. The van der Waals surface area contributed by atoms with E-state index in [2.05, 4.69) is 40.7 Å². The second kappa shape index (κ2) is 9.01. The van der Waals surface area contributed by atoms with E-state index in [-0.39, 0.29) is 11.9 Å². The summed E-state index contributed by atoms with van der Waals surface area (Å²) in [7, 11) is 0. The Kier molecular flexibility index (Phi) is 6.47. The fourth-order valence-corrected chi connectivity index (χ4v) is 4.13. The molecule has 0 aliphatic rings. The van der Waals surface area contributed by atoms with Crippen molar-refractivity contribution in [3.05, 3.63) is 65.2 Å². The Morgan fingerprint density at radius 2 is 1.89 bits per heavy atom. The molecule has 3 rings (SSSR count). The van der Waals surface area contributed by atoms with Crippen molar-refractivity contribution in [2.45, 2.75) is 31.2 Å². The van der Waals surface area contributed by atoms with Gasteiger partial charge in [0.25, 0.3) is 0 Å². The molecule has 0 bridgehead atoms. The van der Waals surface area contributed by atoms with Crippen molar-refractivity contribution >= 4 is 39.8 Å². The Bertz CT molecular complexity index is 911. The zero-order chi connectivity index (χ0) is 19.2. The number of nitrogens with one attached hydrogen (secondary N) is 2. The number of carbonyl (C=O) groups is 1. The maximum Gasteiger partial charge on any atom is 0.230 e. The zero-order valence-electron chi connectivity index (χ0n) is 15.5. The van der Waals surface area contributed by atoms with Crippen molar-refractivity contribution in [1.82, 2.24) is 15.5 Å². The van der Waals surface area contributed by atoms with Crippen LogP contribution in [0.25, 0.3) is 0 Å². The first-order valence-corrected chi connectivity index (χ1v) is 10.5. The van der Waals surface area contributed by atoms with E-state index in [1.165, 1.54) is 34.2 Å². The number of hydrogen-bond donors (Lipinski definition) is 2. The van der Waals surface area contributed by atoms with Crippen LogP contribution in [-0.4, -0.2) is 21.9 Å². The number of benzene rings is 2. The second-order valence-electron chi connectivity index (χ2n) is 6.23. The van der Waals surface area contributed by atoms with Gasteiger partial charge in [-0.15, -0.1) is 10.2 Å². The summed E-state index contributed by atoms with van der Waals surface area (Å²) in [5.74, 6) is 0.297. The highest BCUT2D eigenvalue weighted by molar-refractivity contribution is 8.01. The van der Waals surface area contributed by atoms with Gasteiger partial charge in [-0.25, -0.2) is 0 Å². The van der Waals surface area contributed by atoms with Crippen molar-refractivity contribution in [2.24, 2.45) is 0 Å². The Balaban J connectivity index is 1.52. The molecular formula is C20H22N4OS2. The van der Waals surface area contributed by atoms with Crippen molar-refractivity contribution < 1.29 is 4.79 Å². The normalized spacial score (nSPS) is 11.8. The maximum atomic E-state index is 12.2. The van der Waals surface area contributed by atoms with E-state index in [0.717, 1.165) is 20.7 Å². The molecule has 2 N–H and O–H groups in total. The maximum absolute atomic E-state index is 12.2. The van der Waals surface area contributed by atoms with Crippen molar-refractivity contribution in [3.8, 4) is 0 Å². The van der Waals surface area contributed by atoms with Gasteiger partial charge in [-0.05, 0) is 43.5 Å². The standard InChI is InChI=1S/C20H22N4OS2/c1-13-8-7-11-17(14(13)2)22-19-23-24-20(27-19)26-12-18(25)21-15(3)16-9-5-4-6-10-16/h4-11,15H,12H2,1-3H3,(H,21,25)(H,22,23)/t15-/m1/s1. The van der Waals surface area contributed by atoms with Gasteiger partial charge in [0.1, 0.15) is 0 Å². The largest absolute Gasteiger partial charge is 0.349 e. The molecule has 7 heteroatoms. The highest BCUT2D eigenvalue weighted by atomic mass is 32.2. The summed E-state index contributed by atoms with van der Waals surface area (Å²) in [6.45, 7) is 6.14. The summed E-state index contributed by atoms with van der Waals surface area (Å²) in [6.07, 6.45) is 0. The molecule has 1 amide bonds. The lowest BCUT2D eigenvalue weighted by atomic mass is 10.1. The third-order valence-electron chi connectivity index (χ3n) is 4.26. The first-order chi connectivity index (χ1) is 13.0. The van der Waals surface area contributed by atoms with E-state index in [0.29, 0.717) is 5.75 Å². The van der Waals surface area contributed by atoms with E-state index in [4.69, 9.17) is 0 Å². The van der Waals surface area contributed by atoms with Crippen LogP contribution in [0.15, 0.2) is 52.9 Å². The van der Waals surface area contributed by atoms with Crippen LogP contribution in [0.5, 0.6) is 0 Å². The number of rotatable bonds is 7. The molecule has 5 nitrogen and oxygen atoms in total. The Labute approximate surface area is 167 Å². The number of carbonyl (C=O) groups excluding carboxylic acids is 1. The molecule has 0 aliphatic heterocycles. The van der Waals surface area contributed by atoms with E-state index < -0.39 is 0 Å². The lowest BCUT2D eigenvalue weighted by Crippen LogP contribution is -2.28. The van der Waals surface area contributed by atoms with Gasteiger partial charge < -0.3 is 10.6 Å². The van der Waals surface area contributed by atoms with E-state index >= 15 is 0 Å². The Morgan fingerprint density at radius 3 is 2.67 bits per heavy atom. The van der Waals surface area contributed by atoms with Gasteiger partial charge in [0.05, 0.1) is 11.8 Å². The van der Waals surface area contributed by atoms with Gasteiger partial charge in [-0.1, -0.05) is 65.6 Å². The van der Waals surface area contributed by atoms with Gasteiger partial charge in [0.2, 0.25) is 11.0 Å². The lowest BCUT2D eigenvalue weighted by Gasteiger charge is -2.13. The average molecular weight is 399 g/mol. The summed E-state index contributed by atoms with van der Waals surface area (Å²) < 4.78 is 0.769. The molecule has 3 aromatic rings. The number of amides is 1. The van der Waals surface area contributed by atoms with Crippen molar-refractivity contribution in [3.63, 3.8) is 0 Å². The summed E-state index contributed by atoms with van der Waals surface area (Å²) in [5.41, 5.74) is 4.53. The molecule has 140 valence electrons. The molecule has 1 atom stereocenters. The van der Waals surface area contributed by atoms with Gasteiger partial charge in [-0.3, -0.25) is 4.79 Å². The zero-order valence-corrected chi connectivity index (χ0v) is 17.2. The third-order valence-corrected chi connectivity index (χ3v) is 6.23. The predicted octanol–water partition coefficient (Wildman–Crippen LogP) is 4.87. The molecule has 0 radical (unpaired) electrons. The number of anilines is 2. The van der Waals surface area contributed by atoms with Crippen LogP contribution >= 0.6 is 23.1 Å². The monoisotopic (exact) mass is 398 g/mol. The van der Waals surface area contributed by atoms with Gasteiger partial charge in [-0.2, -0.15) is 0 Å². The van der Waals surface area contributed by atoms with Crippen LogP contribution in [0.3, 0.4) is 0 Å². The smallest absolute Gasteiger partial charge is 0.230 e. The second-order valence-corrected chi connectivity index (χ2v) is 8.43.